The summed E-state index contributed by atoms with van der Waals surface area (Å²) in [6, 6.07) is 46.0. The van der Waals surface area contributed by atoms with Crippen molar-refractivity contribution in [2.75, 3.05) is 0 Å². The van der Waals surface area contributed by atoms with E-state index in [0.29, 0.717) is 0 Å². The average Bonchev–Trinajstić information content (AvgIpc) is 3.79. The lowest BCUT2D eigenvalue weighted by Gasteiger charge is -2.34. The number of aryl methyl sites for hydroxylation is 2. The van der Waals surface area contributed by atoms with Gasteiger partial charge in [0.05, 0.1) is 33.5 Å². The van der Waals surface area contributed by atoms with E-state index in [1.54, 1.807) is 0 Å². The summed E-state index contributed by atoms with van der Waals surface area (Å²) in [5, 5.41) is 7.31. The molecule has 0 bridgehead atoms. The van der Waals surface area contributed by atoms with Crippen LogP contribution in [0.4, 0.5) is 0 Å². The summed E-state index contributed by atoms with van der Waals surface area (Å²) in [7, 11) is 0. The van der Waals surface area contributed by atoms with E-state index in [4.69, 9.17) is 10.1 Å². The first kappa shape index (κ1) is 36.9. The van der Waals surface area contributed by atoms with Gasteiger partial charge in [-0.15, -0.1) is 0 Å². The number of para-hydroxylation sites is 1. The second-order valence-corrected chi connectivity index (χ2v) is 19.4. The van der Waals surface area contributed by atoms with Crippen LogP contribution in [0, 0.1) is 13.8 Å². The molecule has 0 fully saturated rings. The molecule has 0 radical (unpaired) electrons. The topological polar surface area (TPSA) is 35.6 Å². The molecule has 0 spiro atoms. The molecular weight excluding hydrogens is 693 g/mol. The molecule has 0 unspecified atom stereocenters. The molecule has 57 heavy (non-hydrogen) atoms. The Morgan fingerprint density at radius 3 is 1.74 bits per heavy atom. The minimum atomic E-state index is -0.664. The molecule has 0 saturated heterocycles. The zero-order valence-electron chi connectivity index (χ0n) is 35.4. The van der Waals surface area contributed by atoms with Crippen molar-refractivity contribution >= 4 is 21.8 Å². The largest absolute Gasteiger partial charge is 0.309 e. The summed E-state index contributed by atoms with van der Waals surface area (Å²) in [4.78, 5) is 5.35. The highest BCUT2D eigenvalue weighted by Crippen LogP contribution is 2.57. The van der Waals surface area contributed by atoms with Crippen molar-refractivity contribution in [1.82, 2.24) is 19.3 Å². The van der Waals surface area contributed by atoms with Crippen molar-refractivity contribution < 1.29 is 0 Å². The first-order valence-corrected chi connectivity index (χ1v) is 20.4. The molecule has 0 N–H and O–H groups in total. The van der Waals surface area contributed by atoms with Gasteiger partial charge in [-0.1, -0.05) is 135 Å². The quantitative estimate of drug-likeness (QED) is 0.180. The van der Waals surface area contributed by atoms with Crippen molar-refractivity contribution in [2.24, 2.45) is 0 Å². The monoisotopic (exact) mass is 746 g/mol. The van der Waals surface area contributed by atoms with Crippen LogP contribution < -0.4 is 0 Å². The fraction of sp³-hybridized carbons (Fsp3) is 0.283. The highest BCUT2D eigenvalue weighted by atomic mass is 15.3. The highest BCUT2D eigenvalue weighted by molar-refractivity contribution is 6.09. The Kier molecular flexibility index (Phi) is 8.17. The van der Waals surface area contributed by atoms with Gasteiger partial charge in [0, 0.05) is 28.4 Å². The first-order chi connectivity index (χ1) is 27.0. The summed E-state index contributed by atoms with van der Waals surface area (Å²) in [6.07, 6.45) is 2.03. The van der Waals surface area contributed by atoms with Crippen LogP contribution >= 0.6 is 0 Å². The highest BCUT2D eigenvalue weighted by Gasteiger charge is 2.48. The summed E-state index contributed by atoms with van der Waals surface area (Å²) in [6.45, 7) is 24.9. The normalized spacial score (nSPS) is 14.0. The van der Waals surface area contributed by atoms with Crippen LogP contribution in [-0.2, 0) is 21.7 Å². The van der Waals surface area contributed by atoms with Crippen LogP contribution in [0.25, 0.3) is 44.3 Å². The summed E-state index contributed by atoms with van der Waals surface area (Å²) >= 11 is 0. The second kappa shape index (κ2) is 12.6. The number of hydrogen-bond donors (Lipinski definition) is 0. The third-order valence-corrected chi connectivity index (χ3v) is 12.3. The van der Waals surface area contributed by atoms with Crippen LogP contribution in [0.15, 0.2) is 128 Å². The van der Waals surface area contributed by atoms with Crippen molar-refractivity contribution in [1.29, 1.82) is 0 Å². The summed E-state index contributed by atoms with van der Waals surface area (Å²) in [5.74, 6) is 0. The van der Waals surface area contributed by atoms with Crippen LogP contribution in [0.5, 0.6) is 0 Å². The van der Waals surface area contributed by atoms with Crippen molar-refractivity contribution in [3.05, 3.63) is 178 Å². The number of fused-ring (bicyclic) bond motifs is 6. The van der Waals surface area contributed by atoms with E-state index in [1.807, 2.05) is 6.20 Å². The van der Waals surface area contributed by atoms with Crippen LogP contribution in [0.3, 0.4) is 0 Å². The molecule has 9 rings (SSSR count). The SMILES string of the molecule is Cc1cc(C)n(-c2ccc3c4ccccc4n(-c4cccc(C5(c6cc(C(C)(C)C)ccn6)c6ccc(C(C)(C)C)cc6-c6cc(C(C)(C)C)ccc65)c4)c3c2)n1. The lowest BCUT2D eigenvalue weighted by molar-refractivity contribution is 0.583. The molecule has 0 atom stereocenters. The van der Waals surface area contributed by atoms with E-state index in [9.17, 15) is 0 Å². The molecular formula is C53H54N4. The predicted octanol–water partition coefficient (Wildman–Crippen LogP) is 13.2. The fourth-order valence-electron chi connectivity index (χ4n) is 9.24. The number of aromatic nitrogens is 4. The molecule has 1 aliphatic rings. The fourth-order valence-corrected chi connectivity index (χ4v) is 9.24. The molecule has 8 aromatic rings. The smallest absolute Gasteiger partial charge is 0.0886 e. The maximum absolute atomic E-state index is 5.35. The van der Waals surface area contributed by atoms with Gasteiger partial charge in [0.2, 0.25) is 0 Å². The lowest BCUT2D eigenvalue weighted by atomic mass is 9.68. The van der Waals surface area contributed by atoms with Gasteiger partial charge in [-0.2, -0.15) is 5.10 Å². The molecule has 0 amide bonds. The molecule has 1 aliphatic carbocycles. The molecule has 5 aromatic carbocycles. The van der Waals surface area contributed by atoms with Crippen LogP contribution in [0.2, 0.25) is 0 Å². The number of benzene rings is 5. The van der Waals surface area contributed by atoms with Gasteiger partial charge in [0.1, 0.15) is 0 Å². The molecule has 4 nitrogen and oxygen atoms in total. The molecule has 0 saturated carbocycles. The summed E-state index contributed by atoms with van der Waals surface area (Å²) in [5.41, 5.74) is 17.2. The molecule has 3 heterocycles. The van der Waals surface area contributed by atoms with Gasteiger partial charge in [-0.25, -0.2) is 4.68 Å². The third-order valence-electron chi connectivity index (χ3n) is 12.3. The first-order valence-electron chi connectivity index (χ1n) is 20.4. The van der Waals surface area contributed by atoms with Crippen LogP contribution in [-0.4, -0.2) is 19.3 Å². The third kappa shape index (κ3) is 5.78. The Hall–Kier alpha value is -5.74. The Balaban J connectivity index is 1.38. The second-order valence-electron chi connectivity index (χ2n) is 19.4. The van der Waals surface area contributed by atoms with Gasteiger partial charge in [-0.05, 0) is 123 Å². The van der Waals surface area contributed by atoms with Gasteiger partial charge in [0.25, 0.3) is 0 Å². The Bertz CT molecular complexity index is 2810. The Morgan fingerprint density at radius 1 is 0.509 bits per heavy atom. The molecule has 286 valence electrons. The van der Waals surface area contributed by atoms with E-state index in [-0.39, 0.29) is 16.2 Å². The van der Waals surface area contributed by atoms with Crippen molar-refractivity contribution in [3.63, 3.8) is 0 Å². The summed E-state index contributed by atoms with van der Waals surface area (Å²) < 4.78 is 4.50. The Labute approximate surface area is 338 Å². The number of nitrogens with zero attached hydrogens (tertiary/aromatic N) is 4. The van der Waals surface area contributed by atoms with E-state index < -0.39 is 5.41 Å². The molecule has 0 aliphatic heterocycles. The van der Waals surface area contributed by atoms with Gasteiger partial charge >= 0.3 is 0 Å². The zero-order chi connectivity index (χ0) is 40.2. The molecule has 4 heteroatoms. The van der Waals surface area contributed by atoms with Gasteiger partial charge < -0.3 is 4.57 Å². The van der Waals surface area contributed by atoms with E-state index in [2.05, 4.69) is 207 Å². The van der Waals surface area contributed by atoms with Crippen LogP contribution in [0.1, 0.15) is 113 Å². The predicted molar refractivity (Wildman–Crippen MR) is 239 cm³/mol. The number of pyridine rings is 1. The lowest BCUT2D eigenvalue weighted by Crippen LogP contribution is -2.31. The van der Waals surface area contributed by atoms with Gasteiger partial charge in [0.15, 0.2) is 0 Å². The van der Waals surface area contributed by atoms with Crippen molar-refractivity contribution in [3.8, 4) is 22.5 Å². The maximum atomic E-state index is 5.35. The standard InChI is InChI=1S/C53H54N4/c1-33-27-34(2)57(55-33)40-21-22-42-41-17-12-13-18-47(41)56(48(42)32-40)39-16-14-15-38(28-39)53(49-31-37(25-26-54-49)52(9,10)11)45-23-19-35(50(3,4)5)29-43(45)44-30-36(51(6,7)8)20-24-46(44)53/h12-32H,1-11H3. The maximum Gasteiger partial charge on any atom is 0.0886 e. The van der Waals surface area contributed by atoms with E-state index in [1.165, 1.54) is 60.8 Å². The minimum Gasteiger partial charge on any atom is -0.309 e. The van der Waals surface area contributed by atoms with E-state index >= 15 is 0 Å². The number of hydrogen-bond acceptors (Lipinski definition) is 2. The average molecular weight is 747 g/mol. The molecule has 3 aromatic heterocycles. The van der Waals surface area contributed by atoms with E-state index in [0.717, 1.165) is 34.0 Å². The Morgan fingerprint density at radius 2 is 1.12 bits per heavy atom. The van der Waals surface area contributed by atoms with Crippen molar-refractivity contribution in [2.45, 2.75) is 97.8 Å². The number of rotatable bonds is 4. The van der Waals surface area contributed by atoms with Gasteiger partial charge in [-0.3, -0.25) is 4.98 Å². The zero-order valence-corrected chi connectivity index (χ0v) is 35.4. The minimum absolute atomic E-state index is 0.00477.